The summed E-state index contributed by atoms with van der Waals surface area (Å²) in [6, 6.07) is 7.33. The van der Waals surface area contributed by atoms with E-state index in [1.807, 2.05) is 32.0 Å². The largest absolute Gasteiger partial charge is 0.485 e. The summed E-state index contributed by atoms with van der Waals surface area (Å²) in [5.74, 6) is 0.643. The van der Waals surface area contributed by atoms with Crippen molar-refractivity contribution in [3.8, 4) is 5.75 Å². The highest BCUT2D eigenvalue weighted by atomic mass is 79.9. The second-order valence-electron chi connectivity index (χ2n) is 4.19. The molecule has 0 spiro atoms. The molecule has 0 aliphatic heterocycles. The van der Waals surface area contributed by atoms with Gasteiger partial charge in [-0.25, -0.2) is 0 Å². The van der Waals surface area contributed by atoms with Crippen molar-refractivity contribution in [3.63, 3.8) is 0 Å². The zero-order valence-corrected chi connectivity index (χ0v) is 13.7. The van der Waals surface area contributed by atoms with Crippen molar-refractivity contribution in [1.29, 1.82) is 0 Å². The van der Waals surface area contributed by atoms with Crippen molar-refractivity contribution in [1.82, 2.24) is 0 Å². The van der Waals surface area contributed by atoms with Gasteiger partial charge < -0.3 is 4.74 Å². The second kappa shape index (κ2) is 6.07. The van der Waals surface area contributed by atoms with E-state index >= 15 is 0 Å². The smallest absolute Gasteiger partial charge is 0.210 e. The van der Waals surface area contributed by atoms with E-state index in [4.69, 9.17) is 16.3 Å². The molecule has 0 amide bonds. The molecule has 0 fully saturated rings. The molecule has 2 rings (SSSR count). The van der Waals surface area contributed by atoms with Crippen LogP contribution in [-0.2, 0) is 0 Å². The molecule has 0 atom stereocenters. The molecule has 2 aromatic rings. The summed E-state index contributed by atoms with van der Waals surface area (Å²) < 4.78 is 6.47. The summed E-state index contributed by atoms with van der Waals surface area (Å²) in [7, 11) is 0. The third-order valence-electron chi connectivity index (χ3n) is 2.63. The van der Waals surface area contributed by atoms with Crippen LogP contribution < -0.4 is 4.74 Å². The van der Waals surface area contributed by atoms with E-state index in [0.29, 0.717) is 10.6 Å². The molecule has 0 saturated heterocycles. The third-order valence-corrected chi connectivity index (χ3v) is 4.89. The quantitative estimate of drug-likeness (QED) is 0.715. The lowest BCUT2D eigenvalue weighted by molar-refractivity contribution is 0.0925. The molecule has 0 aliphatic carbocycles. The van der Waals surface area contributed by atoms with Crippen LogP contribution in [0.3, 0.4) is 0 Å². The molecule has 0 aliphatic rings. The molecule has 5 heteroatoms. The summed E-state index contributed by atoms with van der Waals surface area (Å²) in [6.45, 7) is 3.87. The maximum absolute atomic E-state index is 11.9. The Morgan fingerprint density at radius 1 is 1.32 bits per heavy atom. The van der Waals surface area contributed by atoms with E-state index < -0.39 is 0 Å². The number of ether oxygens (including phenoxy) is 1. The highest BCUT2D eigenvalue weighted by Crippen LogP contribution is 2.26. The Labute approximate surface area is 129 Å². The predicted octanol–water partition coefficient (Wildman–Crippen LogP) is 5.04. The monoisotopic (exact) mass is 358 g/mol. The maximum atomic E-state index is 11.9. The number of hydrogen-bond donors (Lipinski definition) is 0. The van der Waals surface area contributed by atoms with Crippen LogP contribution in [0.15, 0.2) is 28.1 Å². The van der Waals surface area contributed by atoms with Gasteiger partial charge in [0.25, 0.3) is 0 Å². The van der Waals surface area contributed by atoms with Crippen molar-refractivity contribution < 1.29 is 9.53 Å². The van der Waals surface area contributed by atoms with E-state index in [2.05, 4.69) is 15.9 Å². The van der Waals surface area contributed by atoms with Crippen LogP contribution in [0.25, 0.3) is 0 Å². The predicted molar refractivity (Wildman–Crippen MR) is 82.8 cm³/mol. The fourth-order valence-corrected chi connectivity index (χ4v) is 3.09. The molecule has 19 heavy (non-hydrogen) atoms. The van der Waals surface area contributed by atoms with Crippen LogP contribution in [-0.4, -0.2) is 12.4 Å². The van der Waals surface area contributed by atoms with Crippen LogP contribution in [0.1, 0.15) is 20.8 Å². The highest BCUT2D eigenvalue weighted by Gasteiger charge is 2.10. The average molecular weight is 360 g/mol. The average Bonchev–Trinajstić information content (AvgIpc) is 2.79. The number of carbonyl (C=O) groups is 1. The van der Waals surface area contributed by atoms with Gasteiger partial charge in [-0.2, -0.15) is 0 Å². The van der Waals surface area contributed by atoms with Gasteiger partial charge in [-0.1, -0.05) is 11.6 Å². The van der Waals surface area contributed by atoms with Crippen molar-refractivity contribution >= 4 is 44.7 Å². The Balaban J connectivity index is 2.05. The first-order valence-corrected chi connectivity index (χ1v) is 7.64. The lowest BCUT2D eigenvalue weighted by atomic mass is 10.1. The molecule has 0 radical (unpaired) electrons. The number of aryl methyl sites for hydroxylation is 2. The van der Waals surface area contributed by atoms with Crippen LogP contribution in [0, 0.1) is 13.8 Å². The van der Waals surface area contributed by atoms with Crippen molar-refractivity contribution in [3.05, 3.63) is 49.1 Å². The van der Waals surface area contributed by atoms with Gasteiger partial charge in [-0.15, -0.1) is 11.3 Å². The lowest BCUT2D eigenvalue weighted by Crippen LogP contribution is -2.10. The number of ketones is 1. The fourth-order valence-electron chi connectivity index (χ4n) is 1.67. The Kier molecular flexibility index (Phi) is 4.66. The van der Waals surface area contributed by atoms with Gasteiger partial charge in [-0.3, -0.25) is 4.79 Å². The first-order chi connectivity index (χ1) is 8.97. The molecular weight excluding hydrogens is 348 g/mol. The van der Waals surface area contributed by atoms with Gasteiger partial charge in [-0.05, 0) is 65.2 Å². The summed E-state index contributed by atoms with van der Waals surface area (Å²) in [4.78, 5) is 12.6. The van der Waals surface area contributed by atoms with E-state index in [1.54, 1.807) is 6.07 Å². The number of carbonyl (C=O) groups excluding carboxylic acids is 1. The van der Waals surface area contributed by atoms with Crippen LogP contribution in [0.2, 0.25) is 5.02 Å². The number of halogens is 2. The molecule has 0 unspecified atom stereocenters. The molecular formula is C14H12BrClO2S. The summed E-state index contributed by atoms with van der Waals surface area (Å²) in [6.07, 6.45) is 0. The Bertz CT molecular complexity index is 599. The zero-order chi connectivity index (χ0) is 14.0. The van der Waals surface area contributed by atoms with Gasteiger partial charge in [0, 0.05) is 5.02 Å². The molecule has 1 aromatic carbocycles. The summed E-state index contributed by atoms with van der Waals surface area (Å²) >= 11 is 10.8. The molecule has 1 heterocycles. The topological polar surface area (TPSA) is 26.3 Å². The number of benzene rings is 1. The normalized spacial score (nSPS) is 10.5. The third kappa shape index (κ3) is 3.59. The van der Waals surface area contributed by atoms with Crippen LogP contribution >= 0.6 is 38.9 Å². The van der Waals surface area contributed by atoms with E-state index in [1.165, 1.54) is 11.3 Å². The minimum atomic E-state index is -0.0269. The van der Waals surface area contributed by atoms with E-state index in [-0.39, 0.29) is 12.4 Å². The fraction of sp³-hybridized carbons (Fsp3) is 0.214. The Morgan fingerprint density at radius 2 is 1.95 bits per heavy atom. The standard InChI is InChI=1S/C14H12BrClO2S/c1-8-5-10(6-9(2)14(8)16)18-7-11(17)12-3-4-13(15)19-12/h3-6H,7H2,1-2H3. The van der Waals surface area contributed by atoms with Crippen molar-refractivity contribution in [2.45, 2.75) is 13.8 Å². The SMILES string of the molecule is Cc1cc(OCC(=O)c2ccc(Br)s2)cc(C)c1Cl. The lowest BCUT2D eigenvalue weighted by Gasteiger charge is -2.09. The second-order valence-corrected chi connectivity index (χ2v) is 7.03. The molecule has 2 nitrogen and oxygen atoms in total. The minimum absolute atomic E-state index is 0.0269. The molecule has 100 valence electrons. The van der Waals surface area contributed by atoms with Crippen LogP contribution in [0.4, 0.5) is 0 Å². The van der Waals surface area contributed by atoms with E-state index in [9.17, 15) is 4.79 Å². The number of hydrogen-bond acceptors (Lipinski definition) is 3. The van der Waals surface area contributed by atoms with Crippen molar-refractivity contribution in [2.75, 3.05) is 6.61 Å². The van der Waals surface area contributed by atoms with Crippen molar-refractivity contribution in [2.24, 2.45) is 0 Å². The van der Waals surface area contributed by atoms with Gasteiger partial charge in [0.15, 0.2) is 6.61 Å². The highest BCUT2D eigenvalue weighted by molar-refractivity contribution is 9.11. The molecule has 0 N–H and O–H groups in total. The summed E-state index contributed by atoms with van der Waals surface area (Å²) in [5, 5.41) is 0.737. The van der Waals surface area contributed by atoms with E-state index in [0.717, 1.165) is 19.9 Å². The number of Topliss-reactive ketones (excluding diaryl/α,β-unsaturated/α-hetero) is 1. The number of rotatable bonds is 4. The minimum Gasteiger partial charge on any atom is -0.485 e. The van der Waals surface area contributed by atoms with Gasteiger partial charge in [0.05, 0.1) is 8.66 Å². The first kappa shape index (κ1) is 14.6. The molecule has 0 bridgehead atoms. The van der Waals surface area contributed by atoms with Gasteiger partial charge in [0.2, 0.25) is 5.78 Å². The Morgan fingerprint density at radius 3 is 2.47 bits per heavy atom. The number of thiophene rings is 1. The summed E-state index contributed by atoms with van der Waals surface area (Å²) in [5.41, 5.74) is 1.89. The molecule has 0 saturated carbocycles. The van der Waals surface area contributed by atoms with Gasteiger partial charge in [0.1, 0.15) is 5.75 Å². The zero-order valence-electron chi connectivity index (χ0n) is 10.5. The van der Waals surface area contributed by atoms with Crippen LogP contribution in [0.5, 0.6) is 5.75 Å². The first-order valence-electron chi connectivity index (χ1n) is 5.65. The van der Waals surface area contributed by atoms with Gasteiger partial charge >= 0.3 is 0 Å². The molecule has 1 aromatic heterocycles. The maximum Gasteiger partial charge on any atom is 0.210 e. The Hall–Kier alpha value is -0.840.